The second kappa shape index (κ2) is 11.5. The molecule has 0 atom stereocenters. The number of aromatic nitrogens is 1. The van der Waals surface area contributed by atoms with Crippen molar-refractivity contribution in [2.75, 3.05) is 14.2 Å². The second-order valence-electron chi connectivity index (χ2n) is 8.62. The molecule has 1 aromatic heterocycles. The average molecular weight is 602 g/mol. The molecule has 0 bridgehead atoms. The van der Waals surface area contributed by atoms with Crippen molar-refractivity contribution in [3.05, 3.63) is 79.6 Å². The van der Waals surface area contributed by atoms with Crippen LogP contribution >= 0.6 is 23.1 Å². The Labute approximate surface area is 233 Å². The van der Waals surface area contributed by atoms with E-state index in [9.17, 15) is 31.1 Å². The number of alkyl halides is 6. The number of methoxy groups -OCH3 is 1. The molecule has 1 aliphatic heterocycles. The van der Waals surface area contributed by atoms with E-state index in [0.29, 0.717) is 28.2 Å². The van der Waals surface area contributed by atoms with E-state index in [-0.39, 0.29) is 17.6 Å². The van der Waals surface area contributed by atoms with E-state index in [0.717, 1.165) is 16.8 Å². The van der Waals surface area contributed by atoms with E-state index >= 15 is 0 Å². The second-order valence-corrected chi connectivity index (χ2v) is 10.6. The lowest BCUT2D eigenvalue weighted by Gasteiger charge is -2.17. The normalized spacial score (nSPS) is 15.0. The van der Waals surface area contributed by atoms with Crippen molar-refractivity contribution in [2.24, 2.45) is 4.99 Å². The van der Waals surface area contributed by atoms with Gasteiger partial charge in [-0.2, -0.15) is 31.3 Å². The number of aliphatic imine (C=N–C) groups is 1. The lowest BCUT2D eigenvalue weighted by Crippen LogP contribution is -2.22. The molecule has 3 aromatic rings. The van der Waals surface area contributed by atoms with Crippen molar-refractivity contribution in [1.29, 1.82) is 0 Å². The molecule has 0 spiro atoms. The average Bonchev–Trinajstić information content (AvgIpc) is 3.46. The lowest BCUT2D eigenvalue weighted by atomic mass is 10.0. The third-order valence-electron chi connectivity index (χ3n) is 5.59. The Morgan fingerprint density at radius 2 is 1.77 bits per heavy atom. The maximum atomic E-state index is 13.5. The van der Waals surface area contributed by atoms with Gasteiger partial charge in [-0.05, 0) is 54.6 Å². The molecule has 40 heavy (non-hydrogen) atoms. The number of aryl methyl sites for hydroxylation is 1. The molecule has 1 amide bonds. The summed E-state index contributed by atoms with van der Waals surface area (Å²) in [6, 6.07) is 5.90. The molecule has 212 valence electrons. The number of rotatable bonds is 7. The fourth-order valence-electron chi connectivity index (χ4n) is 3.65. The number of ether oxygens (including phenoxy) is 2. The van der Waals surface area contributed by atoms with Gasteiger partial charge in [-0.25, -0.2) is 4.98 Å². The number of carbonyl (C=O) groups excluding carboxylic acids is 1. The number of thiazole rings is 1. The van der Waals surface area contributed by atoms with Crippen LogP contribution < -0.4 is 9.47 Å². The zero-order valence-electron chi connectivity index (χ0n) is 21.2. The molecule has 4 rings (SSSR count). The van der Waals surface area contributed by atoms with Crippen LogP contribution in [0.1, 0.15) is 33.0 Å². The van der Waals surface area contributed by atoms with E-state index in [1.807, 2.05) is 17.2 Å². The van der Waals surface area contributed by atoms with Crippen LogP contribution in [0.15, 0.2) is 51.7 Å². The molecule has 2 heterocycles. The molecule has 0 saturated carbocycles. The van der Waals surface area contributed by atoms with Crippen LogP contribution in [0.3, 0.4) is 0 Å². The summed E-state index contributed by atoms with van der Waals surface area (Å²) >= 11 is 2.69. The number of nitrogens with zero attached hydrogens (tertiary/aromatic N) is 3. The van der Waals surface area contributed by atoms with Crippen molar-refractivity contribution in [3.63, 3.8) is 0 Å². The summed E-state index contributed by atoms with van der Waals surface area (Å²) in [5, 5.41) is 3.32. The van der Waals surface area contributed by atoms with Gasteiger partial charge in [0, 0.05) is 23.7 Å². The SMILES string of the molecule is COc1cc(/C=C2\SC(N(C)Cc3nc(C)cs3)=NC2=O)ccc1OCc1ccc(C(F)(F)F)cc1C(F)(F)F. The highest BCUT2D eigenvalue weighted by Crippen LogP contribution is 2.39. The number of amides is 1. The third kappa shape index (κ3) is 6.97. The van der Waals surface area contributed by atoms with Crippen LogP contribution in [-0.4, -0.2) is 35.1 Å². The number of thioether (sulfide) groups is 1. The number of hydrogen-bond donors (Lipinski definition) is 0. The Balaban J connectivity index is 1.48. The summed E-state index contributed by atoms with van der Waals surface area (Å²) < 4.78 is 90.0. The summed E-state index contributed by atoms with van der Waals surface area (Å²) in [6.45, 7) is 1.73. The minimum Gasteiger partial charge on any atom is -0.493 e. The van der Waals surface area contributed by atoms with Gasteiger partial charge in [0.1, 0.15) is 11.6 Å². The van der Waals surface area contributed by atoms with Crippen LogP contribution in [0.4, 0.5) is 26.3 Å². The molecule has 0 fully saturated rings. The van der Waals surface area contributed by atoms with E-state index in [1.165, 1.54) is 42.3 Å². The van der Waals surface area contributed by atoms with E-state index in [2.05, 4.69) is 9.98 Å². The summed E-state index contributed by atoms with van der Waals surface area (Å²) in [7, 11) is 3.12. The lowest BCUT2D eigenvalue weighted by molar-refractivity contribution is -0.143. The molecule has 6 nitrogen and oxygen atoms in total. The predicted molar refractivity (Wildman–Crippen MR) is 140 cm³/mol. The molecular formula is C26H21F6N3O3S2. The first-order valence-corrected chi connectivity index (χ1v) is 13.2. The Morgan fingerprint density at radius 1 is 1.02 bits per heavy atom. The number of halogens is 6. The highest BCUT2D eigenvalue weighted by molar-refractivity contribution is 8.18. The van der Waals surface area contributed by atoms with Gasteiger partial charge in [0.15, 0.2) is 16.7 Å². The van der Waals surface area contributed by atoms with E-state index in [1.54, 1.807) is 19.2 Å². The number of amidine groups is 1. The summed E-state index contributed by atoms with van der Waals surface area (Å²) in [5.74, 6) is -0.204. The first-order chi connectivity index (χ1) is 18.7. The molecule has 0 unspecified atom stereocenters. The maximum Gasteiger partial charge on any atom is 0.416 e. The Bertz CT molecular complexity index is 1480. The molecule has 1 aliphatic rings. The van der Waals surface area contributed by atoms with Crippen molar-refractivity contribution in [2.45, 2.75) is 32.4 Å². The monoisotopic (exact) mass is 601 g/mol. The first kappa shape index (κ1) is 29.5. The van der Waals surface area contributed by atoms with Crippen molar-refractivity contribution < 1.29 is 40.6 Å². The van der Waals surface area contributed by atoms with Gasteiger partial charge >= 0.3 is 12.4 Å². The van der Waals surface area contributed by atoms with Gasteiger partial charge in [0.25, 0.3) is 5.91 Å². The van der Waals surface area contributed by atoms with Crippen LogP contribution in [-0.2, 0) is 30.3 Å². The Morgan fingerprint density at radius 3 is 2.40 bits per heavy atom. The standard InChI is InChI=1S/C26H21F6N3O3S2/c1-14-13-39-22(33-14)11-35(2)24-34-23(36)21(40-24)9-15-4-7-19(20(8-15)37-3)38-12-16-5-6-17(25(27,28)29)10-18(16)26(30,31)32/h4-10,13H,11-12H2,1-3H3/b21-9-. The third-order valence-corrected chi connectivity index (χ3v) is 7.64. The minimum atomic E-state index is -5.01. The van der Waals surface area contributed by atoms with Gasteiger partial charge < -0.3 is 14.4 Å². The quantitative estimate of drug-likeness (QED) is 0.211. The molecule has 2 aromatic carbocycles. The van der Waals surface area contributed by atoms with Gasteiger partial charge in [0.05, 0.1) is 29.7 Å². The molecule has 0 radical (unpaired) electrons. The van der Waals surface area contributed by atoms with Crippen LogP contribution in [0.2, 0.25) is 0 Å². The zero-order chi connectivity index (χ0) is 29.2. The number of carbonyl (C=O) groups is 1. The zero-order valence-corrected chi connectivity index (χ0v) is 22.8. The van der Waals surface area contributed by atoms with Crippen molar-refractivity contribution >= 4 is 40.2 Å². The molecule has 0 aliphatic carbocycles. The number of benzene rings is 2. The van der Waals surface area contributed by atoms with Crippen LogP contribution in [0, 0.1) is 6.92 Å². The topological polar surface area (TPSA) is 64.0 Å². The smallest absolute Gasteiger partial charge is 0.416 e. The van der Waals surface area contributed by atoms with Crippen molar-refractivity contribution in [3.8, 4) is 11.5 Å². The van der Waals surface area contributed by atoms with Gasteiger partial charge in [-0.3, -0.25) is 4.79 Å². The Kier molecular flexibility index (Phi) is 8.49. The predicted octanol–water partition coefficient (Wildman–Crippen LogP) is 7.18. The highest BCUT2D eigenvalue weighted by Gasteiger charge is 2.38. The van der Waals surface area contributed by atoms with Crippen LogP contribution in [0.25, 0.3) is 6.08 Å². The number of hydrogen-bond acceptors (Lipinski definition) is 7. The summed E-state index contributed by atoms with van der Waals surface area (Å²) in [4.78, 5) is 23.2. The van der Waals surface area contributed by atoms with Crippen LogP contribution in [0.5, 0.6) is 11.5 Å². The fourth-order valence-corrected chi connectivity index (χ4v) is 5.35. The van der Waals surface area contributed by atoms with E-state index < -0.39 is 41.6 Å². The summed E-state index contributed by atoms with van der Waals surface area (Å²) in [6.07, 6.45) is -8.35. The first-order valence-electron chi connectivity index (χ1n) is 11.5. The van der Waals surface area contributed by atoms with Gasteiger partial charge in [0.2, 0.25) is 0 Å². The largest absolute Gasteiger partial charge is 0.493 e. The summed E-state index contributed by atoms with van der Waals surface area (Å²) in [5.41, 5.74) is -1.86. The molecule has 14 heteroatoms. The van der Waals surface area contributed by atoms with Crippen molar-refractivity contribution in [1.82, 2.24) is 9.88 Å². The fraction of sp³-hybridized carbons (Fsp3) is 0.269. The Hall–Kier alpha value is -3.52. The maximum absolute atomic E-state index is 13.5. The molecular weight excluding hydrogens is 580 g/mol. The molecule has 0 N–H and O–H groups in total. The molecule has 0 saturated heterocycles. The van der Waals surface area contributed by atoms with Gasteiger partial charge in [-0.15, -0.1) is 11.3 Å². The van der Waals surface area contributed by atoms with E-state index in [4.69, 9.17) is 9.47 Å². The van der Waals surface area contributed by atoms with Gasteiger partial charge in [-0.1, -0.05) is 12.1 Å². The highest BCUT2D eigenvalue weighted by atomic mass is 32.2. The minimum absolute atomic E-state index is 0.0627.